The Morgan fingerprint density at radius 2 is 1.34 bits per heavy atom. The monoisotopic (exact) mass is 773 g/mol. The van der Waals surface area contributed by atoms with Gasteiger partial charge < -0.3 is 49.9 Å². The van der Waals surface area contributed by atoms with Crippen molar-refractivity contribution >= 4 is 53.2 Å². The van der Waals surface area contributed by atoms with Crippen molar-refractivity contribution in [3.8, 4) is 0 Å². The van der Waals surface area contributed by atoms with Gasteiger partial charge in [0.25, 0.3) is 0 Å². The van der Waals surface area contributed by atoms with Crippen LogP contribution in [0.5, 0.6) is 0 Å². The molecule has 0 bridgehead atoms. The number of rotatable bonds is 21. The number of guanidine groups is 2. The fourth-order valence-corrected chi connectivity index (χ4v) is 6.55. The summed E-state index contributed by atoms with van der Waals surface area (Å²) in [4.78, 5) is 75.4. The maximum atomic E-state index is 14.2. The van der Waals surface area contributed by atoms with Gasteiger partial charge in [0.05, 0.1) is 5.69 Å². The van der Waals surface area contributed by atoms with Gasteiger partial charge in [-0.15, -0.1) is 0 Å². The van der Waals surface area contributed by atoms with Gasteiger partial charge in [-0.3, -0.25) is 29.0 Å². The molecule has 2 aromatic rings. The molecule has 0 saturated heterocycles. The molecule has 5 amide bonds. The minimum absolute atomic E-state index is 0.0302. The molecule has 0 aromatic heterocycles. The van der Waals surface area contributed by atoms with Gasteiger partial charge in [-0.1, -0.05) is 88.4 Å². The maximum Gasteiger partial charge on any atom is 0.244 e. The van der Waals surface area contributed by atoms with Gasteiger partial charge in [0, 0.05) is 19.0 Å². The highest BCUT2D eigenvalue weighted by atomic mass is 16.2. The van der Waals surface area contributed by atoms with E-state index in [4.69, 9.17) is 28.7 Å². The largest absolute Gasteiger partial charge is 0.370 e. The normalized spacial score (nSPS) is 15.1. The van der Waals surface area contributed by atoms with E-state index in [1.807, 2.05) is 44.2 Å². The summed E-state index contributed by atoms with van der Waals surface area (Å²) >= 11 is 0. The second kappa shape index (κ2) is 23.1. The lowest BCUT2D eigenvalue weighted by Crippen LogP contribution is -2.58. The number of hydrogen-bond acceptors (Lipinski definition) is 7. The Labute approximate surface area is 329 Å². The molecule has 16 heteroatoms. The number of amides is 5. The number of carbonyl (C=O) groups excluding carboxylic acids is 5. The van der Waals surface area contributed by atoms with Crippen LogP contribution in [0.1, 0.15) is 82.8 Å². The minimum atomic E-state index is -1.17. The highest BCUT2D eigenvalue weighted by Crippen LogP contribution is 2.27. The molecule has 14 N–H and O–H groups in total. The van der Waals surface area contributed by atoms with Crippen molar-refractivity contribution in [1.29, 1.82) is 0 Å². The van der Waals surface area contributed by atoms with Gasteiger partial charge in [-0.25, -0.2) is 4.99 Å². The van der Waals surface area contributed by atoms with E-state index in [0.29, 0.717) is 24.1 Å². The number of carbonyl (C=O) groups is 5. The number of nitrogens with two attached hydrogens (primary N) is 5. The van der Waals surface area contributed by atoms with Crippen LogP contribution in [0.15, 0.2) is 70.7 Å². The van der Waals surface area contributed by atoms with Gasteiger partial charge in [0.15, 0.2) is 11.9 Å². The lowest BCUT2D eigenvalue weighted by Gasteiger charge is -2.29. The molecule has 1 saturated carbocycles. The van der Waals surface area contributed by atoms with Crippen molar-refractivity contribution in [2.75, 3.05) is 6.54 Å². The summed E-state index contributed by atoms with van der Waals surface area (Å²) in [6.45, 7) is 4.00. The number of hydrogen-bond donors (Lipinski definition) is 9. The number of primary amides is 1. The van der Waals surface area contributed by atoms with Crippen LogP contribution in [-0.2, 0) is 30.4 Å². The lowest BCUT2D eigenvalue weighted by atomic mass is 9.84. The van der Waals surface area contributed by atoms with E-state index in [-0.39, 0.29) is 49.6 Å². The van der Waals surface area contributed by atoms with Crippen molar-refractivity contribution in [2.24, 2.45) is 50.5 Å². The Bertz CT molecular complexity index is 1680. The average molecular weight is 774 g/mol. The standard InChI is InChI=1S/C40H59N11O5/c1-25(2)22-31(36(54)49-30(35(41)53)14-9-21-46-39(42)43)50-38(56)33(24-28-15-18-29(19-16-28)47-40(44)45)51-37(55)32(23-27-12-7-4-8-13-27)48-34(52)20-17-26-10-5-3-6-11-26/h3,5-6,10-11,15-20,25,27,30-33H,4,7-9,12-14,21-24H2,1-2H3,(H2,41,53)(H,48,52)(H,49,54)(H,50,56)(H,51,55)(H4,42,43,46)(H4,44,45,47)/b20-17+/t30-,31-,32-,33-/m0/s1. The molecule has 2 aromatic carbocycles. The lowest BCUT2D eigenvalue weighted by molar-refractivity contribution is -0.134. The zero-order valence-corrected chi connectivity index (χ0v) is 32.4. The third-order valence-corrected chi connectivity index (χ3v) is 9.37. The van der Waals surface area contributed by atoms with Crippen LogP contribution < -0.4 is 49.9 Å². The van der Waals surface area contributed by atoms with Crippen LogP contribution >= 0.6 is 0 Å². The Kier molecular flexibility index (Phi) is 18.3. The smallest absolute Gasteiger partial charge is 0.244 e. The van der Waals surface area contributed by atoms with Crippen molar-refractivity contribution in [2.45, 2.75) is 102 Å². The maximum absolute atomic E-state index is 14.2. The van der Waals surface area contributed by atoms with E-state index < -0.39 is 53.7 Å². The molecule has 0 aliphatic heterocycles. The number of nitrogens with zero attached hydrogens (tertiary/aromatic N) is 2. The Morgan fingerprint density at radius 3 is 1.95 bits per heavy atom. The first-order valence-corrected chi connectivity index (χ1v) is 19.2. The zero-order valence-electron chi connectivity index (χ0n) is 32.4. The second-order valence-electron chi connectivity index (χ2n) is 14.6. The molecule has 0 heterocycles. The van der Waals surface area contributed by atoms with Crippen molar-refractivity contribution < 1.29 is 24.0 Å². The van der Waals surface area contributed by atoms with E-state index in [0.717, 1.165) is 37.7 Å². The quantitative estimate of drug-likeness (QED) is 0.0382. The predicted molar refractivity (Wildman–Crippen MR) is 219 cm³/mol. The van der Waals surface area contributed by atoms with Gasteiger partial charge in [-0.05, 0) is 66.9 Å². The topological polar surface area (TPSA) is 288 Å². The highest BCUT2D eigenvalue weighted by molar-refractivity contribution is 5.98. The highest BCUT2D eigenvalue weighted by Gasteiger charge is 2.32. The van der Waals surface area contributed by atoms with Crippen LogP contribution in [0.4, 0.5) is 5.69 Å². The molecule has 1 aliphatic rings. The first kappa shape index (κ1) is 44.5. The van der Waals surface area contributed by atoms with Crippen LogP contribution in [0.2, 0.25) is 0 Å². The molecule has 304 valence electrons. The third kappa shape index (κ3) is 16.6. The summed E-state index contributed by atoms with van der Waals surface area (Å²) in [6.07, 6.45) is 9.28. The number of benzene rings is 2. The first-order valence-electron chi connectivity index (χ1n) is 19.2. The molecule has 16 nitrogen and oxygen atoms in total. The molecule has 0 unspecified atom stereocenters. The van der Waals surface area contributed by atoms with Crippen LogP contribution in [0.25, 0.3) is 6.08 Å². The fraction of sp³-hybridized carbons (Fsp3) is 0.475. The molecular formula is C40H59N11O5. The zero-order chi connectivity index (χ0) is 41.0. The van der Waals surface area contributed by atoms with Crippen molar-refractivity contribution in [3.63, 3.8) is 0 Å². The minimum Gasteiger partial charge on any atom is -0.370 e. The SMILES string of the molecule is CC(C)C[C@H](NC(=O)[C@H](Cc1ccc(N=C(N)N)cc1)NC(=O)[C@H](CC1CCCCC1)NC(=O)/C=C/c1ccccc1)C(=O)N[C@@H](CCCN=C(N)N)C(N)=O. The molecule has 0 spiro atoms. The van der Waals surface area contributed by atoms with Gasteiger partial charge in [0.1, 0.15) is 24.2 Å². The van der Waals surface area contributed by atoms with Crippen LogP contribution in [0.3, 0.4) is 0 Å². The molecule has 4 atom stereocenters. The second-order valence-corrected chi connectivity index (χ2v) is 14.6. The molecular weight excluding hydrogens is 715 g/mol. The van der Waals surface area contributed by atoms with E-state index in [2.05, 4.69) is 31.3 Å². The summed E-state index contributed by atoms with van der Waals surface area (Å²) in [5, 5.41) is 11.2. The summed E-state index contributed by atoms with van der Waals surface area (Å²) < 4.78 is 0. The van der Waals surface area contributed by atoms with Crippen LogP contribution in [0, 0.1) is 11.8 Å². The van der Waals surface area contributed by atoms with E-state index in [1.54, 1.807) is 30.3 Å². The van der Waals surface area contributed by atoms with Crippen molar-refractivity contribution in [1.82, 2.24) is 21.3 Å². The predicted octanol–water partition coefficient (Wildman–Crippen LogP) is 1.34. The van der Waals surface area contributed by atoms with Crippen molar-refractivity contribution in [3.05, 3.63) is 71.8 Å². The Hall–Kier alpha value is -5.93. The van der Waals surface area contributed by atoms with Gasteiger partial charge >= 0.3 is 0 Å². The summed E-state index contributed by atoms with van der Waals surface area (Å²) in [7, 11) is 0. The average Bonchev–Trinajstić information content (AvgIpc) is 3.15. The molecule has 3 rings (SSSR count). The fourth-order valence-electron chi connectivity index (χ4n) is 6.55. The Balaban J connectivity index is 1.88. The number of aliphatic imine (C=N–C) groups is 2. The molecule has 1 aliphatic carbocycles. The first-order chi connectivity index (χ1) is 26.7. The van der Waals surface area contributed by atoms with E-state index >= 15 is 0 Å². The summed E-state index contributed by atoms with van der Waals surface area (Å²) in [6, 6.07) is 11.9. The van der Waals surface area contributed by atoms with Crippen LogP contribution in [-0.4, -0.2) is 72.2 Å². The summed E-state index contributed by atoms with van der Waals surface area (Å²) in [5.74, 6) is -3.03. The molecule has 56 heavy (non-hydrogen) atoms. The molecule has 0 radical (unpaired) electrons. The van der Waals surface area contributed by atoms with E-state index in [9.17, 15) is 24.0 Å². The molecule has 1 fully saturated rings. The summed E-state index contributed by atoms with van der Waals surface area (Å²) in [5.41, 5.74) is 29.4. The van der Waals surface area contributed by atoms with Gasteiger partial charge in [-0.2, -0.15) is 0 Å². The number of nitrogens with one attached hydrogen (secondary N) is 4. The Morgan fingerprint density at radius 1 is 0.732 bits per heavy atom. The van der Waals surface area contributed by atoms with E-state index in [1.165, 1.54) is 6.08 Å². The van der Waals surface area contributed by atoms with Gasteiger partial charge in [0.2, 0.25) is 29.5 Å². The third-order valence-electron chi connectivity index (χ3n) is 9.37.